The number of nitrogens with zero attached hydrogens (tertiary/aromatic N) is 1. The van der Waals surface area contributed by atoms with Crippen molar-refractivity contribution in [2.45, 2.75) is 13.5 Å². The first-order valence-corrected chi connectivity index (χ1v) is 13.3. The molecule has 0 atom stereocenters. The van der Waals surface area contributed by atoms with Crippen molar-refractivity contribution < 1.29 is 32.6 Å². The fourth-order valence-electron chi connectivity index (χ4n) is 3.51. The second-order valence-corrected chi connectivity index (χ2v) is 10.2. The van der Waals surface area contributed by atoms with Gasteiger partial charge in [0.1, 0.15) is 24.8 Å². The minimum Gasteiger partial charge on any atom is -0.490 e. The molecule has 4 rings (SSSR count). The van der Waals surface area contributed by atoms with E-state index in [1.54, 1.807) is 30.3 Å². The average Bonchev–Trinajstić information content (AvgIpc) is 3.12. The Hall–Kier alpha value is -3.45. The fraction of sp³-hybridized carbons (Fsp3) is 0.148. The first-order valence-electron chi connectivity index (χ1n) is 11.4. The van der Waals surface area contributed by atoms with Gasteiger partial charge in [0, 0.05) is 5.69 Å². The van der Waals surface area contributed by atoms with E-state index in [1.165, 1.54) is 30.3 Å². The summed E-state index contributed by atoms with van der Waals surface area (Å²) in [5.41, 5.74) is 1.60. The Bertz CT molecular complexity index is 1420. The Morgan fingerprint density at radius 1 is 1.05 bits per heavy atom. The topological polar surface area (TPSA) is 84.9 Å². The monoisotopic (exact) mass is 650 g/mol. The van der Waals surface area contributed by atoms with Crippen LogP contribution in [0, 0.1) is 15.2 Å². The molecule has 1 fully saturated rings. The minimum atomic E-state index is -0.630. The fourth-order valence-corrected chi connectivity index (χ4v) is 5.13. The number of benzene rings is 3. The Balaban J connectivity index is 1.48. The lowest BCUT2D eigenvalue weighted by Crippen LogP contribution is -2.36. The van der Waals surface area contributed by atoms with Crippen LogP contribution in [0.1, 0.15) is 18.1 Å². The zero-order valence-electron chi connectivity index (χ0n) is 20.0. The lowest BCUT2D eigenvalue weighted by Gasteiger charge is -2.15. The van der Waals surface area contributed by atoms with Crippen molar-refractivity contribution >= 4 is 63.2 Å². The molecule has 38 heavy (non-hydrogen) atoms. The molecular weight excluding hydrogens is 629 g/mol. The molecule has 196 valence electrons. The van der Waals surface area contributed by atoms with E-state index in [0.717, 1.165) is 28.3 Å². The molecule has 3 amide bonds. The van der Waals surface area contributed by atoms with E-state index in [2.05, 4.69) is 27.9 Å². The quantitative estimate of drug-likeness (QED) is 0.219. The maximum atomic E-state index is 13.4. The van der Waals surface area contributed by atoms with Crippen LogP contribution in [-0.4, -0.2) is 35.1 Å². The van der Waals surface area contributed by atoms with Crippen molar-refractivity contribution in [2.75, 3.05) is 18.5 Å². The molecule has 1 aliphatic heterocycles. The standard InChI is InChI=1S/C27H21F2IN2O5S/c1-2-36-22-11-17(10-21(30)25(22)37-15-16-6-8-18(28)9-7-16)12-23-26(34)32(27(35)38-23)14-24(33)31-20-5-3-4-19(29)13-20/h3-13H,2,14-15H2,1H3,(H,31,33)/b23-12+. The summed E-state index contributed by atoms with van der Waals surface area (Å²) >= 11 is 2.80. The Kier molecular flexibility index (Phi) is 9.00. The van der Waals surface area contributed by atoms with Crippen molar-refractivity contribution in [3.63, 3.8) is 0 Å². The first kappa shape index (κ1) is 27.6. The SMILES string of the molecule is CCOc1cc(/C=C2/SC(=O)N(CC(=O)Nc3cccc(F)c3)C2=O)cc(I)c1OCc1ccc(F)cc1. The molecule has 3 aromatic carbocycles. The van der Waals surface area contributed by atoms with Gasteiger partial charge in [-0.2, -0.15) is 0 Å². The number of amides is 3. The Morgan fingerprint density at radius 3 is 2.53 bits per heavy atom. The number of thioether (sulfide) groups is 1. The smallest absolute Gasteiger partial charge is 0.294 e. The third-order valence-electron chi connectivity index (χ3n) is 5.21. The number of ether oxygens (including phenoxy) is 2. The zero-order chi connectivity index (χ0) is 27.2. The summed E-state index contributed by atoms with van der Waals surface area (Å²) in [6.07, 6.45) is 1.55. The predicted molar refractivity (Wildman–Crippen MR) is 149 cm³/mol. The van der Waals surface area contributed by atoms with Crippen LogP contribution >= 0.6 is 34.4 Å². The van der Waals surface area contributed by atoms with E-state index in [-0.39, 0.29) is 23.0 Å². The first-order chi connectivity index (χ1) is 18.2. The van der Waals surface area contributed by atoms with E-state index in [9.17, 15) is 23.2 Å². The van der Waals surface area contributed by atoms with E-state index >= 15 is 0 Å². The summed E-state index contributed by atoms with van der Waals surface area (Å²) in [6, 6.07) is 14.7. The Morgan fingerprint density at radius 2 is 1.82 bits per heavy atom. The van der Waals surface area contributed by atoms with E-state index in [1.807, 2.05) is 6.92 Å². The number of nitrogens with one attached hydrogen (secondary N) is 1. The molecule has 0 spiro atoms. The van der Waals surface area contributed by atoms with Gasteiger partial charge in [0.2, 0.25) is 5.91 Å². The molecule has 1 saturated heterocycles. The van der Waals surface area contributed by atoms with Crippen LogP contribution in [0.2, 0.25) is 0 Å². The van der Waals surface area contributed by atoms with Gasteiger partial charge in [-0.15, -0.1) is 0 Å². The molecule has 1 heterocycles. The summed E-state index contributed by atoms with van der Waals surface area (Å²) in [7, 11) is 0. The van der Waals surface area contributed by atoms with Gasteiger partial charge in [0.25, 0.3) is 11.1 Å². The van der Waals surface area contributed by atoms with Crippen molar-refractivity contribution in [2.24, 2.45) is 0 Å². The maximum absolute atomic E-state index is 13.4. The third-order valence-corrected chi connectivity index (χ3v) is 6.92. The second kappa shape index (κ2) is 12.4. The molecule has 0 saturated carbocycles. The highest BCUT2D eigenvalue weighted by Crippen LogP contribution is 2.38. The summed E-state index contributed by atoms with van der Waals surface area (Å²) in [5, 5.41) is 1.88. The van der Waals surface area contributed by atoms with Gasteiger partial charge in [0.05, 0.1) is 15.1 Å². The molecular formula is C27H21F2IN2O5S. The average molecular weight is 650 g/mol. The van der Waals surface area contributed by atoms with Crippen LogP contribution in [0.5, 0.6) is 11.5 Å². The highest BCUT2D eigenvalue weighted by atomic mass is 127. The minimum absolute atomic E-state index is 0.145. The van der Waals surface area contributed by atoms with Crippen LogP contribution in [0.15, 0.2) is 65.6 Å². The van der Waals surface area contributed by atoms with Crippen LogP contribution in [0.4, 0.5) is 19.3 Å². The van der Waals surface area contributed by atoms with Gasteiger partial charge in [0.15, 0.2) is 11.5 Å². The summed E-state index contributed by atoms with van der Waals surface area (Å²) in [5.74, 6) is -1.16. The van der Waals surface area contributed by atoms with Crippen LogP contribution in [0.3, 0.4) is 0 Å². The molecule has 0 aliphatic carbocycles. The lowest BCUT2D eigenvalue weighted by molar-refractivity contribution is -0.127. The second-order valence-electron chi connectivity index (χ2n) is 8.00. The van der Waals surface area contributed by atoms with Crippen molar-refractivity contribution in [3.05, 3.63) is 91.9 Å². The largest absolute Gasteiger partial charge is 0.490 e. The Labute approximate surface area is 235 Å². The van der Waals surface area contributed by atoms with E-state index < -0.39 is 29.4 Å². The molecule has 0 aromatic heterocycles. The molecule has 11 heteroatoms. The number of carbonyl (C=O) groups is 3. The molecule has 7 nitrogen and oxygen atoms in total. The van der Waals surface area contributed by atoms with Crippen LogP contribution < -0.4 is 14.8 Å². The van der Waals surface area contributed by atoms with Gasteiger partial charge >= 0.3 is 0 Å². The zero-order valence-corrected chi connectivity index (χ0v) is 23.0. The molecule has 0 bridgehead atoms. The van der Waals surface area contributed by atoms with Crippen LogP contribution in [-0.2, 0) is 16.2 Å². The number of hydrogen-bond donors (Lipinski definition) is 1. The highest BCUT2D eigenvalue weighted by molar-refractivity contribution is 14.1. The van der Waals surface area contributed by atoms with Gasteiger partial charge < -0.3 is 14.8 Å². The number of halogens is 3. The van der Waals surface area contributed by atoms with Crippen molar-refractivity contribution in [1.82, 2.24) is 4.90 Å². The van der Waals surface area contributed by atoms with Gasteiger partial charge in [-0.05, 0) is 101 Å². The molecule has 1 N–H and O–H groups in total. The molecule has 0 unspecified atom stereocenters. The van der Waals surface area contributed by atoms with Gasteiger partial charge in [-0.3, -0.25) is 19.3 Å². The number of anilines is 1. The number of hydrogen-bond acceptors (Lipinski definition) is 6. The number of rotatable bonds is 9. The van der Waals surface area contributed by atoms with Gasteiger partial charge in [-0.25, -0.2) is 8.78 Å². The van der Waals surface area contributed by atoms with E-state index in [0.29, 0.717) is 27.2 Å². The molecule has 1 aliphatic rings. The van der Waals surface area contributed by atoms with Crippen molar-refractivity contribution in [3.8, 4) is 11.5 Å². The van der Waals surface area contributed by atoms with Crippen LogP contribution in [0.25, 0.3) is 6.08 Å². The molecule has 3 aromatic rings. The highest BCUT2D eigenvalue weighted by Gasteiger charge is 2.36. The normalized spacial score (nSPS) is 14.2. The summed E-state index contributed by atoms with van der Waals surface area (Å²) in [4.78, 5) is 38.7. The van der Waals surface area contributed by atoms with E-state index in [4.69, 9.17) is 9.47 Å². The summed E-state index contributed by atoms with van der Waals surface area (Å²) < 4.78 is 38.9. The lowest BCUT2D eigenvalue weighted by atomic mass is 10.1. The number of carbonyl (C=O) groups excluding carboxylic acids is 3. The maximum Gasteiger partial charge on any atom is 0.294 e. The summed E-state index contributed by atoms with van der Waals surface area (Å²) in [6.45, 7) is 1.88. The third kappa shape index (κ3) is 6.90. The van der Waals surface area contributed by atoms with Gasteiger partial charge in [-0.1, -0.05) is 18.2 Å². The predicted octanol–water partition coefficient (Wildman–Crippen LogP) is 6.22. The van der Waals surface area contributed by atoms with Crippen molar-refractivity contribution in [1.29, 1.82) is 0 Å². The number of imide groups is 1. The molecule has 0 radical (unpaired) electrons.